The zero-order valence-electron chi connectivity index (χ0n) is 14.5. The number of aryl methyl sites for hydroxylation is 1. The molecule has 3 rings (SSSR count). The molecule has 0 aliphatic rings. The zero-order valence-corrected chi connectivity index (χ0v) is 17.0. The number of rotatable bonds is 3. The van der Waals surface area contributed by atoms with Crippen LogP contribution in [0.25, 0.3) is 10.2 Å². The maximum Gasteiger partial charge on any atom is 0.234 e. The Morgan fingerprint density at radius 2 is 1.76 bits per heavy atom. The van der Waals surface area contributed by atoms with Crippen molar-refractivity contribution in [1.82, 2.24) is 4.98 Å². The Bertz CT molecular complexity index is 1030. The monoisotopic (exact) mass is 392 g/mol. The minimum Gasteiger partial charge on any atom is -0.375 e. The molecule has 132 valence electrons. The first-order valence-electron chi connectivity index (χ1n) is 7.78. The van der Waals surface area contributed by atoms with Crippen molar-refractivity contribution in [3.8, 4) is 0 Å². The summed E-state index contributed by atoms with van der Waals surface area (Å²) in [7, 11) is -2.70. The van der Waals surface area contributed by atoms with E-state index >= 15 is 0 Å². The minimum atomic E-state index is -3.53. The number of nitrogens with two attached hydrogens (primary N) is 1. The fraction of sp³-hybridized carbons (Fsp3) is 0.278. The Hall–Kier alpha value is -1.57. The Labute approximate surface area is 155 Å². The molecular formula is C18H20N2O2S3. The van der Waals surface area contributed by atoms with E-state index in [1.165, 1.54) is 11.3 Å². The molecule has 2 N–H and O–H groups in total. The highest BCUT2D eigenvalue weighted by Crippen LogP contribution is 2.40. The number of aromatic nitrogens is 1. The second-order valence-electron chi connectivity index (χ2n) is 6.97. The molecule has 0 saturated heterocycles. The van der Waals surface area contributed by atoms with Gasteiger partial charge in [0.05, 0.1) is 20.0 Å². The van der Waals surface area contributed by atoms with Gasteiger partial charge >= 0.3 is 0 Å². The molecule has 4 nitrogen and oxygen atoms in total. The first-order valence-corrected chi connectivity index (χ1v) is 11.4. The third-order valence-corrected chi connectivity index (χ3v) is 8.02. The molecule has 0 unspecified atom stereocenters. The predicted octanol–water partition coefficient (Wildman–Crippen LogP) is 4.97. The minimum absolute atomic E-state index is 0.101. The van der Waals surface area contributed by atoms with Gasteiger partial charge in [0.2, 0.25) is 8.87 Å². The Morgan fingerprint density at radius 1 is 1.12 bits per heavy atom. The number of hydrogen-bond acceptors (Lipinski definition) is 6. The highest BCUT2D eigenvalue weighted by atomic mass is 33.1. The lowest BCUT2D eigenvalue weighted by atomic mass is 9.87. The highest BCUT2D eigenvalue weighted by molar-refractivity contribution is 8.72. The van der Waals surface area contributed by atoms with Crippen LogP contribution in [0, 0.1) is 6.92 Å². The number of benzene rings is 2. The summed E-state index contributed by atoms with van der Waals surface area (Å²) >= 11 is 1.38. The van der Waals surface area contributed by atoms with Crippen LogP contribution >= 0.6 is 22.1 Å². The van der Waals surface area contributed by atoms with E-state index in [4.69, 9.17) is 5.73 Å². The molecular weight excluding hydrogens is 372 g/mol. The quantitative estimate of drug-likeness (QED) is 0.637. The van der Waals surface area contributed by atoms with Gasteiger partial charge in [-0.05, 0) is 42.2 Å². The van der Waals surface area contributed by atoms with E-state index in [2.05, 4.69) is 25.8 Å². The largest absolute Gasteiger partial charge is 0.375 e. The Morgan fingerprint density at radius 3 is 2.36 bits per heavy atom. The average Bonchev–Trinajstić information content (AvgIpc) is 2.87. The molecule has 0 atom stereocenters. The van der Waals surface area contributed by atoms with Crippen LogP contribution < -0.4 is 5.73 Å². The number of thiazole rings is 1. The lowest BCUT2D eigenvalue weighted by Crippen LogP contribution is -2.11. The molecule has 0 amide bonds. The van der Waals surface area contributed by atoms with Crippen molar-refractivity contribution in [3.63, 3.8) is 0 Å². The van der Waals surface area contributed by atoms with E-state index in [0.29, 0.717) is 20.4 Å². The molecule has 2 aromatic carbocycles. The van der Waals surface area contributed by atoms with E-state index in [9.17, 15) is 8.42 Å². The van der Waals surface area contributed by atoms with E-state index in [0.717, 1.165) is 26.6 Å². The standard InChI is InChI=1S/C18H20N2O2S3/c1-11-5-7-13(8-6-11)25(21,22)24-15-10-12(18(2,3)4)9-14-16(15)20-17(19)23-14/h5-10H,1-4H3,(H2,19,20). The van der Waals surface area contributed by atoms with Gasteiger partial charge in [-0.15, -0.1) is 0 Å². The first kappa shape index (κ1) is 18.2. The fourth-order valence-corrected chi connectivity index (χ4v) is 6.17. The van der Waals surface area contributed by atoms with Crippen molar-refractivity contribution in [3.05, 3.63) is 47.5 Å². The highest BCUT2D eigenvalue weighted by Gasteiger charge is 2.23. The van der Waals surface area contributed by atoms with Crippen LogP contribution in [0.4, 0.5) is 5.13 Å². The molecule has 7 heteroatoms. The van der Waals surface area contributed by atoms with Crippen LogP contribution in [0.1, 0.15) is 31.9 Å². The van der Waals surface area contributed by atoms with Gasteiger partial charge in [0.15, 0.2) is 5.13 Å². The van der Waals surface area contributed by atoms with Gasteiger partial charge in [-0.3, -0.25) is 0 Å². The summed E-state index contributed by atoms with van der Waals surface area (Å²) in [6.45, 7) is 8.22. The van der Waals surface area contributed by atoms with E-state index < -0.39 is 8.87 Å². The fourth-order valence-electron chi connectivity index (χ4n) is 2.38. The van der Waals surface area contributed by atoms with E-state index in [-0.39, 0.29) is 5.41 Å². The van der Waals surface area contributed by atoms with Crippen LogP contribution in [0.2, 0.25) is 0 Å². The van der Waals surface area contributed by atoms with Crippen LogP contribution in [0.5, 0.6) is 0 Å². The first-order chi connectivity index (χ1) is 11.6. The van der Waals surface area contributed by atoms with Gasteiger partial charge in [-0.25, -0.2) is 13.4 Å². The third kappa shape index (κ3) is 3.83. The summed E-state index contributed by atoms with van der Waals surface area (Å²) in [5.74, 6) is 0. The molecule has 0 aliphatic heterocycles. The molecule has 0 bridgehead atoms. The van der Waals surface area contributed by atoms with Crippen molar-refractivity contribution in [1.29, 1.82) is 0 Å². The molecule has 1 heterocycles. The van der Waals surface area contributed by atoms with E-state index in [1.807, 2.05) is 19.1 Å². The van der Waals surface area contributed by atoms with Crippen molar-refractivity contribution in [2.75, 3.05) is 5.73 Å². The maximum atomic E-state index is 12.8. The lowest BCUT2D eigenvalue weighted by Gasteiger charge is -2.20. The summed E-state index contributed by atoms with van der Waals surface area (Å²) in [5.41, 5.74) is 8.49. The van der Waals surface area contributed by atoms with Crippen molar-refractivity contribution in [2.45, 2.75) is 42.9 Å². The summed E-state index contributed by atoms with van der Waals surface area (Å²) in [6, 6.07) is 10.8. The molecule has 0 saturated carbocycles. The topological polar surface area (TPSA) is 73.0 Å². The van der Waals surface area contributed by atoms with Crippen LogP contribution in [0.3, 0.4) is 0 Å². The zero-order chi connectivity index (χ0) is 18.4. The summed E-state index contributed by atoms with van der Waals surface area (Å²) in [5, 5.41) is 0.440. The van der Waals surface area contributed by atoms with Crippen LogP contribution in [-0.2, 0) is 14.3 Å². The second kappa shape index (κ2) is 6.30. The predicted molar refractivity (Wildman–Crippen MR) is 107 cm³/mol. The average molecular weight is 393 g/mol. The normalized spacial score (nSPS) is 12.6. The van der Waals surface area contributed by atoms with Crippen molar-refractivity contribution >= 4 is 46.3 Å². The molecule has 0 spiro atoms. The van der Waals surface area contributed by atoms with Crippen molar-refractivity contribution in [2.24, 2.45) is 0 Å². The van der Waals surface area contributed by atoms with Crippen LogP contribution in [0.15, 0.2) is 46.2 Å². The molecule has 1 aromatic heterocycles. The number of hydrogen-bond donors (Lipinski definition) is 1. The van der Waals surface area contributed by atoms with Gasteiger partial charge in [-0.2, -0.15) is 0 Å². The number of anilines is 1. The third-order valence-electron chi connectivity index (χ3n) is 3.85. The van der Waals surface area contributed by atoms with Gasteiger partial charge in [-0.1, -0.05) is 49.8 Å². The summed E-state index contributed by atoms with van der Waals surface area (Å²) in [4.78, 5) is 5.25. The molecule has 0 radical (unpaired) electrons. The SMILES string of the molecule is Cc1ccc(S(=O)(=O)Sc2cc(C(C)(C)C)cc3sc(N)nc23)cc1. The summed E-state index contributed by atoms with van der Waals surface area (Å²) in [6.07, 6.45) is 0. The second-order valence-corrected chi connectivity index (χ2v) is 11.8. The smallest absolute Gasteiger partial charge is 0.234 e. The summed E-state index contributed by atoms with van der Waals surface area (Å²) < 4.78 is 26.6. The van der Waals surface area contributed by atoms with Crippen LogP contribution in [-0.4, -0.2) is 13.4 Å². The molecule has 3 aromatic rings. The molecule has 0 fully saturated rings. The van der Waals surface area contributed by atoms with Gasteiger partial charge in [0.1, 0.15) is 0 Å². The number of fused-ring (bicyclic) bond motifs is 1. The Kier molecular flexibility index (Phi) is 4.59. The van der Waals surface area contributed by atoms with Gasteiger partial charge in [0, 0.05) is 10.8 Å². The molecule has 0 aliphatic carbocycles. The Balaban J connectivity index is 2.12. The van der Waals surface area contributed by atoms with E-state index in [1.54, 1.807) is 24.3 Å². The van der Waals surface area contributed by atoms with Crippen molar-refractivity contribution < 1.29 is 8.42 Å². The van der Waals surface area contributed by atoms with Gasteiger partial charge in [0.25, 0.3) is 0 Å². The number of nitrogen functional groups attached to an aromatic ring is 1. The van der Waals surface area contributed by atoms with Gasteiger partial charge < -0.3 is 5.73 Å². The molecule has 25 heavy (non-hydrogen) atoms. The lowest BCUT2D eigenvalue weighted by molar-refractivity contribution is 0.589. The number of nitrogens with zero attached hydrogens (tertiary/aromatic N) is 1. The maximum absolute atomic E-state index is 12.8.